The zero-order chi connectivity index (χ0) is 9.26. The number of thiophene rings is 1. The van der Waals surface area contributed by atoms with Gasteiger partial charge in [-0.3, -0.25) is 0 Å². The Morgan fingerprint density at radius 2 is 2.38 bits per heavy atom. The van der Waals surface area contributed by atoms with E-state index in [-0.39, 0.29) is 6.10 Å². The van der Waals surface area contributed by atoms with E-state index in [1.807, 2.05) is 11.4 Å². The van der Waals surface area contributed by atoms with Gasteiger partial charge in [-0.2, -0.15) is 0 Å². The van der Waals surface area contributed by atoms with Crippen LogP contribution in [0.5, 0.6) is 0 Å². The van der Waals surface area contributed by atoms with Crippen LogP contribution in [-0.4, -0.2) is 21.2 Å². The van der Waals surface area contributed by atoms with Crippen LogP contribution >= 0.6 is 11.3 Å². The van der Waals surface area contributed by atoms with Crippen LogP contribution in [0, 0.1) is 0 Å². The van der Waals surface area contributed by atoms with Gasteiger partial charge in [0.25, 0.3) is 0 Å². The van der Waals surface area contributed by atoms with E-state index in [0.717, 1.165) is 15.9 Å². The van der Waals surface area contributed by atoms with Crippen molar-refractivity contribution in [2.45, 2.75) is 19.4 Å². The van der Waals surface area contributed by atoms with Gasteiger partial charge in [0.1, 0.15) is 6.33 Å². The van der Waals surface area contributed by atoms with Crippen molar-refractivity contribution >= 4 is 21.6 Å². The Morgan fingerprint density at radius 3 is 3.15 bits per heavy atom. The summed E-state index contributed by atoms with van der Waals surface area (Å²) in [6.07, 6.45) is 1.80. The third-order valence-corrected chi connectivity index (χ3v) is 2.76. The lowest BCUT2D eigenvalue weighted by atomic mass is 10.2. The zero-order valence-corrected chi connectivity index (χ0v) is 8.08. The highest BCUT2D eigenvalue weighted by Crippen LogP contribution is 2.21. The molecular weight excluding hydrogens is 184 g/mol. The van der Waals surface area contributed by atoms with Gasteiger partial charge in [-0.05, 0) is 18.4 Å². The van der Waals surface area contributed by atoms with E-state index in [1.165, 1.54) is 0 Å². The summed E-state index contributed by atoms with van der Waals surface area (Å²) < 4.78 is 1.09. The van der Waals surface area contributed by atoms with Crippen molar-refractivity contribution in [1.29, 1.82) is 0 Å². The van der Waals surface area contributed by atoms with E-state index in [2.05, 4.69) is 9.97 Å². The van der Waals surface area contributed by atoms with Gasteiger partial charge in [-0.25, -0.2) is 9.97 Å². The van der Waals surface area contributed by atoms with Crippen LogP contribution in [0.3, 0.4) is 0 Å². The summed E-state index contributed by atoms with van der Waals surface area (Å²) in [6.45, 7) is 1.77. The van der Waals surface area contributed by atoms with Crippen molar-refractivity contribution < 1.29 is 5.11 Å². The van der Waals surface area contributed by atoms with E-state index in [9.17, 15) is 5.11 Å². The highest BCUT2D eigenvalue weighted by Gasteiger charge is 2.06. The maximum Gasteiger partial charge on any atom is 0.116 e. The first-order chi connectivity index (χ1) is 6.27. The van der Waals surface area contributed by atoms with Crippen molar-refractivity contribution in [3.63, 3.8) is 0 Å². The molecule has 0 aliphatic carbocycles. The molecule has 2 aromatic rings. The molecule has 2 aromatic heterocycles. The van der Waals surface area contributed by atoms with Gasteiger partial charge < -0.3 is 5.11 Å². The first kappa shape index (κ1) is 8.59. The number of aliphatic hydroxyl groups is 1. The molecule has 68 valence electrons. The fourth-order valence-electron chi connectivity index (χ4n) is 1.26. The van der Waals surface area contributed by atoms with Gasteiger partial charge in [0.05, 0.1) is 22.0 Å². The SMILES string of the molecule is CC(O)Cc1ncnc2ccsc12. The van der Waals surface area contributed by atoms with Crippen LogP contribution < -0.4 is 0 Å². The number of aliphatic hydroxyl groups excluding tert-OH is 1. The molecule has 4 heteroatoms. The summed E-state index contributed by atoms with van der Waals surface area (Å²) in [7, 11) is 0. The summed E-state index contributed by atoms with van der Waals surface area (Å²) in [5.41, 5.74) is 1.91. The van der Waals surface area contributed by atoms with E-state index >= 15 is 0 Å². The Morgan fingerprint density at radius 1 is 1.54 bits per heavy atom. The van der Waals surface area contributed by atoms with Gasteiger partial charge in [0.2, 0.25) is 0 Å². The minimum absolute atomic E-state index is 0.347. The summed E-state index contributed by atoms with van der Waals surface area (Å²) in [5, 5.41) is 11.2. The fraction of sp³-hybridized carbons (Fsp3) is 0.333. The van der Waals surface area contributed by atoms with Crippen molar-refractivity contribution in [3.8, 4) is 0 Å². The standard InChI is InChI=1S/C9H10N2OS/c1-6(12)4-8-9-7(2-3-13-9)10-5-11-8/h2-3,5-6,12H,4H2,1H3. The van der Waals surface area contributed by atoms with E-state index in [0.29, 0.717) is 6.42 Å². The van der Waals surface area contributed by atoms with Gasteiger partial charge >= 0.3 is 0 Å². The first-order valence-electron chi connectivity index (χ1n) is 4.12. The summed E-state index contributed by atoms with van der Waals surface area (Å²) in [5.74, 6) is 0. The topological polar surface area (TPSA) is 46.0 Å². The quantitative estimate of drug-likeness (QED) is 0.790. The smallest absolute Gasteiger partial charge is 0.116 e. The molecule has 13 heavy (non-hydrogen) atoms. The molecule has 0 fully saturated rings. The molecule has 2 rings (SSSR count). The number of fused-ring (bicyclic) bond motifs is 1. The zero-order valence-electron chi connectivity index (χ0n) is 7.27. The lowest BCUT2D eigenvalue weighted by molar-refractivity contribution is 0.194. The Hall–Kier alpha value is -1.000. The van der Waals surface area contributed by atoms with E-state index < -0.39 is 0 Å². The third kappa shape index (κ3) is 1.68. The molecule has 0 aliphatic rings. The van der Waals surface area contributed by atoms with Gasteiger partial charge in [-0.15, -0.1) is 11.3 Å². The molecule has 0 bridgehead atoms. The molecule has 0 amide bonds. The van der Waals surface area contributed by atoms with Crippen LogP contribution in [0.25, 0.3) is 10.2 Å². The van der Waals surface area contributed by atoms with Crippen molar-refractivity contribution in [2.75, 3.05) is 0 Å². The van der Waals surface area contributed by atoms with Crippen LogP contribution in [0.1, 0.15) is 12.6 Å². The third-order valence-electron chi connectivity index (χ3n) is 1.81. The molecule has 0 spiro atoms. The molecule has 0 saturated carbocycles. The minimum Gasteiger partial charge on any atom is -0.393 e. The van der Waals surface area contributed by atoms with Crippen molar-refractivity contribution in [2.24, 2.45) is 0 Å². The van der Waals surface area contributed by atoms with Crippen LogP contribution in [-0.2, 0) is 6.42 Å². The monoisotopic (exact) mass is 194 g/mol. The molecule has 0 radical (unpaired) electrons. The molecule has 2 heterocycles. The molecule has 0 aromatic carbocycles. The second kappa shape index (κ2) is 3.40. The Balaban J connectivity index is 2.48. The predicted octanol–water partition coefficient (Wildman–Crippen LogP) is 1.61. The summed E-state index contributed by atoms with van der Waals surface area (Å²) in [4.78, 5) is 8.29. The van der Waals surface area contributed by atoms with Crippen LogP contribution in [0.4, 0.5) is 0 Å². The van der Waals surface area contributed by atoms with Crippen LogP contribution in [0.15, 0.2) is 17.8 Å². The summed E-state index contributed by atoms with van der Waals surface area (Å²) >= 11 is 1.62. The fourth-order valence-corrected chi connectivity index (χ4v) is 2.11. The first-order valence-corrected chi connectivity index (χ1v) is 5.00. The Bertz CT molecular complexity index is 411. The number of rotatable bonds is 2. The van der Waals surface area contributed by atoms with Crippen LogP contribution in [0.2, 0.25) is 0 Å². The molecule has 0 aliphatic heterocycles. The second-order valence-corrected chi connectivity index (χ2v) is 3.92. The average Bonchev–Trinajstić information content (AvgIpc) is 2.51. The minimum atomic E-state index is -0.347. The number of nitrogens with zero attached hydrogens (tertiary/aromatic N) is 2. The molecule has 3 nitrogen and oxygen atoms in total. The second-order valence-electron chi connectivity index (χ2n) is 3.01. The van der Waals surface area contributed by atoms with Gasteiger partial charge in [-0.1, -0.05) is 0 Å². The maximum atomic E-state index is 9.25. The normalized spacial score (nSPS) is 13.4. The lowest BCUT2D eigenvalue weighted by Gasteiger charge is -2.03. The van der Waals surface area contributed by atoms with Crippen molar-refractivity contribution in [3.05, 3.63) is 23.5 Å². The Labute approximate surface area is 80.1 Å². The molecule has 1 atom stereocenters. The van der Waals surface area contributed by atoms with E-state index in [1.54, 1.807) is 24.6 Å². The molecule has 0 saturated heterocycles. The van der Waals surface area contributed by atoms with Gasteiger partial charge in [0.15, 0.2) is 0 Å². The van der Waals surface area contributed by atoms with E-state index in [4.69, 9.17) is 0 Å². The number of hydrogen-bond acceptors (Lipinski definition) is 4. The maximum absolute atomic E-state index is 9.25. The summed E-state index contributed by atoms with van der Waals surface area (Å²) in [6, 6.07) is 1.97. The highest BCUT2D eigenvalue weighted by atomic mass is 32.1. The Kier molecular flexibility index (Phi) is 2.24. The largest absolute Gasteiger partial charge is 0.393 e. The lowest BCUT2D eigenvalue weighted by Crippen LogP contribution is -2.06. The molecule has 1 unspecified atom stereocenters. The van der Waals surface area contributed by atoms with Crippen molar-refractivity contribution in [1.82, 2.24) is 9.97 Å². The molecular formula is C9H10N2OS. The highest BCUT2D eigenvalue weighted by molar-refractivity contribution is 7.17. The predicted molar refractivity (Wildman–Crippen MR) is 52.8 cm³/mol. The average molecular weight is 194 g/mol. The van der Waals surface area contributed by atoms with Gasteiger partial charge in [0, 0.05) is 6.42 Å². The number of hydrogen-bond donors (Lipinski definition) is 1. The number of aromatic nitrogens is 2. The molecule has 1 N–H and O–H groups in total.